The maximum absolute atomic E-state index is 11.1. The molecule has 0 aromatic carbocycles. The number of nitrogens with zero attached hydrogens (tertiary/aromatic N) is 1. The van der Waals surface area contributed by atoms with Crippen LogP contribution in [0.3, 0.4) is 0 Å². The Morgan fingerprint density at radius 1 is 1.31 bits per heavy atom. The Balaban J connectivity index is 0. The van der Waals surface area contributed by atoms with E-state index < -0.39 is 0 Å². The van der Waals surface area contributed by atoms with Crippen LogP contribution in [0.2, 0.25) is 0 Å². The first-order valence-electron chi connectivity index (χ1n) is 5.53. The fraction of sp³-hybridized carbons (Fsp3) is 0.750. The number of halogens is 1. The topological polar surface area (TPSA) is 26.3 Å². The average molecular weight is 341 g/mol. The second kappa shape index (κ2) is 8.98. The monoisotopic (exact) mass is 341 g/mol. The van der Waals surface area contributed by atoms with Gasteiger partial charge >= 0.3 is 5.97 Å². The number of esters is 1. The van der Waals surface area contributed by atoms with E-state index in [1.807, 2.05) is 0 Å². The molecule has 0 saturated carbocycles. The van der Waals surface area contributed by atoms with Gasteiger partial charge in [-0.25, -0.2) is 4.79 Å². The molecule has 0 N–H and O–H groups in total. The first kappa shape index (κ1) is 18.3. The number of hydrogen-bond donors (Lipinski definition) is 0. The number of unbranched alkanes of at least 4 members (excludes halogenated alkanes) is 1. The first-order valence-corrected chi connectivity index (χ1v) is 5.53. The second-order valence-corrected chi connectivity index (χ2v) is 4.65. The summed E-state index contributed by atoms with van der Waals surface area (Å²) in [6.45, 7) is 9.85. The van der Waals surface area contributed by atoms with E-state index in [0.717, 1.165) is 17.6 Å². The number of likely N-dealkylation sites (N-methyl/N-ethyl adjacent to an activating group) is 1. The molecule has 0 radical (unpaired) electrons. The van der Waals surface area contributed by atoms with E-state index in [1.54, 1.807) is 6.92 Å². The Labute approximate surface area is 116 Å². The zero-order valence-electron chi connectivity index (χ0n) is 10.9. The van der Waals surface area contributed by atoms with Gasteiger partial charge in [-0.1, -0.05) is 19.9 Å². The van der Waals surface area contributed by atoms with Crippen LogP contribution >= 0.6 is 0 Å². The highest BCUT2D eigenvalue weighted by Crippen LogP contribution is 2.02. The van der Waals surface area contributed by atoms with Crippen molar-refractivity contribution in [2.24, 2.45) is 0 Å². The molecule has 0 atom stereocenters. The van der Waals surface area contributed by atoms with Gasteiger partial charge in [-0.05, 0) is 13.3 Å². The minimum Gasteiger partial charge on any atom is -1.00 e. The quantitative estimate of drug-likeness (QED) is 0.257. The van der Waals surface area contributed by atoms with Crippen molar-refractivity contribution in [3.63, 3.8) is 0 Å². The number of quaternary nitrogens is 1. The largest absolute Gasteiger partial charge is 1.00 e. The van der Waals surface area contributed by atoms with Crippen LogP contribution in [0, 0.1) is 0 Å². The van der Waals surface area contributed by atoms with Gasteiger partial charge in [0.15, 0.2) is 0 Å². The molecule has 0 heterocycles. The second-order valence-electron chi connectivity index (χ2n) is 4.65. The molecule has 3 nitrogen and oxygen atoms in total. The van der Waals surface area contributed by atoms with Crippen LogP contribution in [0.25, 0.3) is 0 Å². The number of ether oxygens (including phenoxy) is 1. The van der Waals surface area contributed by atoms with Crippen molar-refractivity contribution in [2.75, 3.05) is 33.8 Å². The summed E-state index contributed by atoms with van der Waals surface area (Å²) in [7, 11) is 4.31. The third-order valence-corrected chi connectivity index (χ3v) is 2.40. The lowest BCUT2D eigenvalue weighted by atomic mass is 10.3. The molecule has 0 amide bonds. The van der Waals surface area contributed by atoms with Crippen LogP contribution in [0.4, 0.5) is 0 Å². The summed E-state index contributed by atoms with van der Waals surface area (Å²) >= 11 is 0. The average Bonchev–Trinajstić information content (AvgIpc) is 2.14. The van der Waals surface area contributed by atoms with Gasteiger partial charge in [0.2, 0.25) is 0 Å². The van der Waals surface area contributed by atoms with Gasteiger partial charge in [0.1, 0.15) is 13.2 Å². The third kappa shape index (κ3) is 9.15. The fourth-order valence-corrected chi connectivity index (χ4v) is 1.21. The molecule has 0 unspecified atom stereocenters. The summed E-state index contributed by atoms with van der Waals surface area (Å²) in [6.07, 6.45) is 2.41. The zero-order chi connectivity index (χ0) is 11.9. The molecule has 0 aliphatic heterocycles. The molecule has 0 aromatic heterocycles. The van der Waals surface area contributed by atoms with Crippen LogP contribution in [0.15, 0.2) is 12.2 Å². The van der Waals surface area contributed by atoms with Gasteiger partial charge in [-0.3, -0.25) is 0 Å². The van der Waals surface area contributed by atoms with Crippen molar-refractivity contribution in [3.05, 3.63) is 12.2 Å². The van der Waals surface area contributed by atoms with Gasteiger partial charge in [0, 0.05) is 5.57 Å². The van der Waals surface area contributed by atoms with Crippen molar-refractivity contribution in [2.45, 2.75) is 26.7 Å². The molecule has 0 spiro atoms. The molecule has 0 aromatic rings. The smallest absolute Gasteiger partial charge is 0.333 e. The summed E-state index contributed by atoms with van der Waals surface area (Å²) in [4.78, 5) is 11.1. The summed E-state index contributed by atoms with van der Waals surface area (Å²) in [6, 6.07) is 0. The minimum absolute atomic E-state index is 0. The maximum Gasteiger partial charge on any atom is 0.333 e. The Kier molecular flexibility index (Phi) is 10.3. The lowest BCUT2D eigenvalue weighted by molar-refractivity contribution is -0.890. The summed E-state index contributed by atoms with van der Waals surface area (Å²) < 4.78 is 5.97. The highest BCUT2D eigenvalue weighted by molar-refractivity contribution is 5.86. The van der Waals surface area contributed by atoms with Crippen LogP contribution < -0.4 is 24.0 Å². The minimum atomic E-state index is -0.287. The van der Waals surface area contributed by atoms with Crippen molar-refractivity contribution in [1.29, 1.82) is 0 Å². The number of carbonyl (C=O) groups is 1. The van der Waals surface area contributed by atoms with Gasteiger partial charge in [0.05, 0.1) is 20.6 Å². The molecule has 96 valence electrons. The van der Waals surface area contributed by atoms with Crippen molar-refractivity contribution < 1.29 is 38.0 Å². The first-order chi connectivity index (χ1) is 6.89. The number of hydrogen-bond acceptors (Lipinski definition) is 2. The highest BCUT2D eigenvalue weighted by Gasteiger charge is 2.14. The lowest BCUT2D eigenvalue weighted by Crippen LogP contribution is -3.00. The van der Waals surface area contributed by atoms with Gasteiger partial charge in [-0.15, -0.1) is 0 Å². The third-order valence-electron chi connectivity index (χ3n) is 2.40. The Hall–Kier alpha value is -0.100. The SMILES string of the molecule is C=C(C)C(=O)OCC[N+](C)(C)CCCC.[I-]. The van der Waals surface area contributed by atoms with Gasteiger partial charge in [0.25, 0.3) is 0 Å². The number of carbonyl (C=O) groups excluding carboxylic acids is 1. The van der Waals surface area contributed by atoms with Crippen LogP contribution in [-0.4, -0.2) is 44.2 Å². The van der Waals surface area contributed by atoms with Crippen molar-refractivity contribution >= 4 is 5.97 Å². The van der Waals surface area contributed by atoms with E-state index in [2.05, 4.69) is 27.6 Å². The summed E-state index contributed by atoms with van der Waals surface area (Å²) in [5, 5.41) is 0. The Morgan fingerprint density at radius 3 is 2.31 bits per heavy atom. The summed E-state index contributed by atoms with van der Waals surface area (Å²) in [5.74, 6) is -0.287. The summed E-state index contributed by atoms with van der Waals surface area (Å²) in [5.41, 5.74) is 0.467. The van der Waals surface area contributed by atoms with E-state index in [9.17, 15) is 4.79 Å². The fourth-order valence-electron chi connectivity index (χ4n) is 1.21. The molecule has 0 rings (SSSR count). The van der Waals surface area contributed by atoms with E-state index in [1.165, 1.54) is 12.8 Å². The zero-order valence-corrected chi connectivity index (χ0v) is 13.0. The predicted molar refractivity (Wildman–Crippen MR) is 62.5 cm³/mol. The van der Waals surface area contributed by atoms with Gasteiger partial charge < -0.3 is 33.2 Å². The Morgan fingerprint density at radius 2 is 1.88 bits per heavy atom. The molecule has 0 bridgehead atoms. The molecular weight excluding hydrogens is 317 g/mol. The standard InChI is InChI=1S/C12H24NO2.HI/c1-6-7-8-13(4,5)9-10-15-12(14)11(2)3;/h2,6-10H2,1,3-5H3;1H/q+1;/p-1. The molecular formula is C12H24INO2. The predicted octanol–water partition coefficient (Wildman–Crippen LogP) is -1.01. The van der Waals surface area contributed by atoms with E-state index in [-0.39, 0.29) is 29.9 Å². The molecule has 16 heavy (non-hydrogen) atoms. The van der Waals surface area contributed by atoms with Crippen LogP contribution in [-0.2, 0) is 9.53 Å². The molecule has 0 aliphatic carbocycles. The highest BCUT2D eigenvalue weighted by atomic mass is 127. The molecule has 0 fully saturated rings. The van der Waals surface area contributed by atoms with E-state index in [4.69, 9.17) is 4.74 Å². The van der Waals surface area contributed by atoms with Crippen molar-refractivity contribution in [1.82, 2.24) is 0 Å². The molecule has 0 aliphatic rings. The molecule has 0 saturated heterocycles. The van der Waals surface area contributed by atoms with E-state index in [0.29, 0.717) is 12.2 Å². The lowest BCUT2D eigenvalue weighted by Gasteiger charge is -2.29. The Bertz CT molecular complexity index is 227. The van der Waals surface area contributed by atoms with Crippen molar-refractivity contribution in [3.8, 4) is 0 Å². The van der Waals surface area contributed by atoms with Crippen LogP contribution in [0.1, 0.15) is 26.7 Å². The maximum atomic E-state index is 11.1. The van der Waals surface area contributed by atoms with Gasteiger partial charge in [-0.2, -0.15) is 0 Å². The number of rotatable bonds is 7. The van der Waals surface area contributed by atoms with E-state index >= 15 is 0 Å². The normalized spacial score (nSPS) is 10.5. The molecule has 4 heteroatoms. The van der Waals surface area contributed by atoms with Crippen LogP contribution in [0.5, 0.6) is 0 Å².